The fourth-order valence-corrected chi connectivity index (χ4v) is 2.52. The highest BCUT2D eigenvalue weighted by atomic mass is 16.6. The normalized spacial score (nSPS) is 10.1. The van der Waals surface area contributed by atoms with E-state index in [-0.39, 0.29) is 12.5 Å². The Morgan fingerprint density at radius 2 is 1.37 bits per heavy atom. The molecule has 3 aromatic rings. The number of hydrogen-bond acceptors (Lipinski definition) is 3. The molecule has 27 heavy (non-hydrogen) atoms. The summed E-state index contributed by atoms with van der Waals surface area (Å²) in [6, 6.07) is 26.3. The summed E-state index contributed by atoms with van der Waals surface area (Å²) in [5, 5.41) is 2.78. The Morgan fingerprint density at radius 1 is 0.815 bits per heavy atom. The van der Waals surface area contributed by atoms with Crippen LogP contribution in [0.25, 0.3) is 11.1 Å². The molecule has 0 unspecified atom stereocenters. The largest absolute Gasteiger partial charge is 0.415 e. The number of nitrogens with one attached hydrogen (secondary N) is 1. The van der Waals surface area contributed by atoms with Crippen molar-refractivity contribution < 1.29 is 14.3 Å². The van der Waals surface area contributed by atoms with Crippen LogP contribution in [0.1, 0.15) is 0 Å². The second-order valence-corrected chi connectivity index (χ2v) is 6.03. The second-order valence-electron chi connectivity index (χ2n) is 6.03. The van der Waals surface area contributed by atoms with Crippen LogP contribution < -0.4 is 10.1 Å². The first kappa shape index (κ1) is 18.2. The maximum absolute atomic E-state index is 12.2. The maximum atomic E-state index is 12.2. The Balaban J connectivity index is 1.53. The second kappa shape index (κ2) is 8.67. The van der Waals surface area contributed by atoms with Crippen molar-refractivity contribution in [2.75, 3.05) is 18.9 Å². The molecule has 0 aromatic heterocycles. The monoisotopic (exact) mass is 360 g/mol. The zero-order chi connectivity index (χ0) is 19.1. The van der Waals surface area contributed by atoms with Crippen LogP contribution in [-0.4, -0.2) is 30.5 Å². The molecule has 2 amide bonds. The van der Waals surface area contributed by atoms with Crippen molar-refractivity contribution in [2.45, 2.75) is 0 Å². The molecule has 5 nitrogen and oxygen atoms in total. The lowest BCUT2D eigenvalue weighted by Crippen LogP contribution is -2.36. The van der Waals surface area contributed by atoms with E-state index >= 15 is 0 Å². The third-order valence-corrected chi connectivity index (χ3v) is 3.92. The topological polar surface area (TPSA) is 58.6 Å². The zero-order valence-electron chi connectivity index (χ0n) is 15.0. The number of benzene rings is 3. The van der Waals surface area contributed by atoms with Crippen LogP contribution in [0.5, 0.6) is 5.75 Å². The summed E-state index contributed by atoms with van der Waals surface area (Å²) >= 11 is 0. The molecule has 136 valence electrons. The minimum absolute atomic E-state index is 0.105. The number of rotatable bonds is 5. The average molecular weight is 360 g/mol. The molecule has 0 fully saturated rings. The minimum atomic E-state index is -0.587. The van der Waals surface area contributed by atoms with Gasteiger partial charge < -0.3 is 15.0 Å². The van der Waals surface area contributed by atoms with Crippen molar-refractivity contribution in [1.29, 1.82) is 0 Å². The van der Waals surface area contributed by atoms with Gasteiger partial charge in [-0.05, 0) is 35.4 Å². The number of anilines is 1. The lowest BCUT2D eigenvalue weighted by atomic mass is 10.1. The first-order valence-electron chi connectivity index (χ1n) is 8.55. The maximum Gasteiger partial charge on any atom is 0.415 e. The molecule has 0 radical (unpaired) electrons. The molecule has 0 bridgehead atoms. The van der Waals surface area contributed by atoms with Gasteiger partial charge in [-0.25, -0.2) is 4.79 Å². The fraction of sp³-hybridized carbons (Fsp3) is 0.0909. The van der Waals surface area contributed by atoms with Gasteiger partial charge in [-0.2, -0.15) is 0 Å². The number of ether oxygens (including phenoxy) is 1. The third kappa shape index (κ3) is 5.19. The minimum Gasteiger partial charge on any atom is -0.410 e. The predicted octanol–water partition coefficient (Wildman–Crippen LogP) is 4.42. The molecule has 0 aliphatic rings. The van der Waals surface area contributed by atoms with Gasteiger partial charge in [0, 0.05) is 12.7 Å². The van der Waals surface area contributed by atoms with E-state index in [0.717, 1.165) is 11.1 Å². The summed E-state index contributed by atoms with van der Waals surface area (Å²) in [4.78, 5) is 25.4. The number of likely N-dealkylation sites (N-methyl/N-ethyl adjacent to an activating group) is 1. The van der Waals surface area contributed by atoms with Crippen molar-refractivity contribution >= 4 is 17.7 Å². The Labute approximate surface area is 158 Å². The summed E-state index contributed by atoms with van der Waals surface area (Å²) in [5.41, 5.74) is 2.85. The molecule has 0 heterocycles. The highest BCUT2D eigenvalue weighted by Gasteiger charge is 2.15. The molecule has 3 aromatic carbocycles. The van der Waals surface area contributed by atoms with Gasteiger partial charge in [0.05, 0.1) is 0 Å². The van der Waals surface area contributed by atoms with Crippen molar-refractivity contribution in [3.05, 3.63) is 84.9 Å². The Morgan fingerprint density at radius 3 is 2.00 bits per heavy atom. The number of carbonyl (C=O) groups is 2. The number of amides is 2. The van der Waals surface area contributed by atoms with Crippen LogP contribution in [-0.2, 0) is 4.79 Å². The van der Waals surface area contributed by atoms with E-state index < -0.39 is 6.09 Å². The van der Waals surface area contributed by atoms with Gasteiger partial charge in [-0.3, -0.25) is 4.79 Å². The van der Waals surface area contributed by atoms with Crippen LogP contribution in [0.15, 0.2) is 84.9 Å². The standard InChI is InChI=1S/C22H20N2O3/c1-24(22(26)27-20-10-6-3-7-11-20)16-21(25)23-19-14-12-18(13-15-19)17-8-4-2-5-9-17/h2-15H,16H2,1H3,(H,23,25). The molecule has 0 saturated heterocycles. The van der Waals surface area contributed by atoms with Crippen molar-refractivity contribution in [3.8, 4) is 16.9 Å². The number of hydrogen-bond donors (Lipinski definition) is 1. The first-order chi connectivity index (χ1) is 13.1. The van der Waals surface area contributed by atoms with E-state index in [4.69, 9.17) is 4.74 Å². The van der Waals surface area contributed by atoms with E-state index in [2.05, 4.69) is 5.32 Å². The molecule has 1 N–H and O–H groups in total. The Kier molecular flexibility index (Phi) is 5.84. The highest BCUT2D eigenvalue weighted by Crippen LogP contribution is 2.21. The SMILES string of the molecule is CN(CC(=O)Nc1ccc(-c2ccccc2)cc1)C(=O)Oc1ccccc1. The van der Waals surface area contributed by atoms with E-state index in [1.54, 1.807) is 24.3 Å². The molecular formula is C22H20N2O3. The van der Waals surface area contributed by atoms with Gasteiger partial charge >= 0.3 is 6.09 Å². The van der Waals surface area contributed by atoms with Crippen LogP contribution in [0.4, 0.5) is 10.5 Å². The summed E-state index contributed by atoms with van der Waals surface area (Å²) < 4.78 is 5.20. The molecule has 0 aliphatic carbocycles. The van der Waals surface area contributed by atoms with Gasteiger partial charge in [-0.1, -0.05) is 60.7 Å². The smallest absolute Gasteiger partial charge is 0.410 e. The average Bonchev–Trinajstić information content (AvgIpc) is 2.70. The van der Waals surface area contributed by atoms with Crippen LogP contribution >= 0.6 is 0 Å². The molecule has 5 heteroatoms. The van der Waals surface area contributed by atoms with Crippen molar-refractivity contribution in [1.82, 2.24) is 4.90 Å². The summed E-state index contributed by atoms with van der Waals surface area (Å²) in [6.45, 7) is -0.105. The number of nitrogens with zero attached hydrogens (tertiary/aromatic N) is 1. The first-order valence-corrected chi connectivity index (χ1v) is 8.55. The lowest BCUT2D eigenvalue weighted by molar-refractivity contribution is -0.116. The molecule has 0 aliphatic heterocycles. The zero-order valence-corrected chi connectivity index (χ0v) is 15.0. The number of carbonyl (C=O) groups excluding carboxylic acids is 2. The molecule has 0 spiro atoms. The molecule has 3 rings (SSSR count). The van der Waals surface area contributed by atoms with Crippen LogP contribution in [0.3, 0.4) is 0 Å². The van der Waals surface area contributed by atoms with Crippen LogP contribution in [0, 0.1) is 0 Å². The third-order valence-electron chi connectivity index (χ3n) is 3.92. The van der Waals surface area contributed by atoms with Crippen molar-refractivity contribution in [3.63, 3.8) is 0 Å². The molecular weight excluding hydrogens is 340 g/mol. The molecule has 0 saturated carbocycles. The van der Waals surface area contributed by atoms with E-state index in [0.29, 0.717) is 11.4 Å². The van der Waals surface area contributed by atoms with Gasteiger partial charge in [0.15, 0.2) is 0 Å². The summed E-state index contributed by atoms with van der Waals surface area (Å²) in [5.74, 6) is 0.140. The lowest BCUT2D eigenvalue weighted by Gasteiger charge is -2.16. The van der Waals surface area contributed by atoms with Gasteiger partial charge in [0.25, 0.3) is 0 Å². The van der Waals surface area contributed by atoms with Crippen molar-refractivity contribution in [2.24, 2.45) is 0 Å². The Bertz CT molecular complexity index is 894. The van der Waals surface area contributed by atoms with E-state index in [9.17, 15) is 9.59 Å². The summed E-state index contributed by atoms with van der Waals surface area (Å²) in [7, 11) is 1.52. The van der Waals surface area contributed by atoms with E-state index in [1.165, 1.54) is 11.9 Å². The van der Waals surface area contributed by atoms with Crippen LogP contribution in [0.2, 0.25) is 0 Å². The molecule has 0 atom stereocenters. The van der Waals surface area contributed by atoms with Gasteiger partial charge in [0.1, 0.15) is 12.3 Å². The quantitative estimate of drug-likeness (QED) is 0.733. The predicted molar refractivity (Wildman–Crippen MR) is 106 cm³/mol. The Hall–Kier alpha value is -3.60. The highest BCUT2D eigenvalue weighted by molar-refractivity contribution is 5.94. The van der Waals surface area contributed by atoms with Gasteiger partial charge in [0.2, 0.25) is 5.91 Å². The fourth-order valence-electron chi connectivity index (χ4n) is 2.52. The van der Waals surface area contributed by atoms with E-state index in [1.807, 2.05) is 60.7 Å². The summed E-state index contributed by atoms with van der Waals surface area (Å²) in [6.07, 6.45) is -0.587. The number of para-hydroxylation sites is 1. The van der Waals surface area contributed by atoms with Gasteiger partial charge in [-0.15, -0.1) is 0 Å².